The summed E-state index contributed by atoms with van der Waals surface area (Å²) >= 11 is 5.93. The van der Waals surface area contributed by atoms with Crippen LogP contribution in [0.2, 0.25) is 5.02 Å². The average molecular weight is 308 g/mol. The van der Waals surface area contributed by atoms with E-state index in [9.17, 15) is 9.90 Å². The first-order valence-corrected chi connectivity index (χ1v) is 7.55. The molecule has 0 amide bonds. The zero-order chi connectivity index (χ0) is 14.9. The van der Waals surface area contributed by atoms with Crippen molar-refractivity contribution in [1.82, 2.24) is 15.3 Å². The molecule has 0 aliphatic heterocycles. The third-order valence-electron chi connectivity index (χ3n) is 4.00. The fourth-order valence-corrected chi connectivity index (χ4v) is 3.03. The number of aliphatic hydroxyl groups is 1. The number of rotatable bonds is 4. The number of benzene rings is 1. The molecule has 5 nitrogen and oxygen atoms in total. The number of nitrogens with one attached hydrogen (secondary N) is 2. The maximum atomic E-state index is 12.0. The summed E-state index contributed by atoms with van der Waals surface area (Å²) in [6.45, 7) is 0.935. The van der Waals surface area contributed by atoms with Crippen LogP contribution in [0.3, 0.4) is 0 Å². The molecular formula is C15H18ClN3O2. The number of fused-ring (bicyclic) bond motifs is 1. The molecule has 0 unspecified atom stereocenters. The van der Waals surface area contributed by atoms with Crippen molar-refractivity contribution in [1.29, 1.82) is 0 Å². The van der Waals surface area contributed by atoms with Crippen LogP contribution >= 0.6 is 11.6 Å². The van der Waals surface area contributed by atoms with E-state index in [-0.39, 0.29) is 5.56 Å². The Bertz CT molecular complexity index is 708. The molecule has 3 N–H and O–H groups in total. The zero-order valence-corrected chi connectivity index (χ0v) is 12.4. The number of aromatic amines is 1. The maximum absolute atomic E-state index is 12.0. The lowest BCUT2D eigenvalue weighted by atomic mass is 10.0. The molecule has 21 heavy (non-hydrogen) atoms. The molecule has 1 aromatic carbocycles. The van der Waals surface area contributed by atoms with Crippen LogP contribution in [-0.2, 0) is 6.54 Å². The largest absolute Gasteiger partial charge is 0.389 e. The van der Waals surface area contributed by atoms with Gasteiger partial charge in [-0.3, -0.25) is 4.79 Å². The van der Waals surface area contributed by atoms with Gasteiger partial charge in [0.05, 0.1) is 23.0 Å². The SMILES string of the molecule is O=c1[nH]c(CNCC2(O)CCCC2)nc2cc(Cl)ccc12. The van der Waals surface area contributed by atoms with E-state index in [1.807, 2.05) is 0 Å². The monoisotopic (exact) mass is 307 g/mol. The molecule has 6 heteroatoms. The van der Waals surface area contributed by atoms with Gasteiger partial charge in [0.2, 0.25) is 0 Å². The van der Waals surface area contributed by atoms with Gasteiger partial charge in [-0.1, -0.05) is 24.4 Å². The van der Waals surface area contributed by atoms with E-state index in [2.05, 4.69) is 15.3 Å². The lowest BCUT2D eigenvalue weighted by Crippen LogP contribution is -2.38. The van der Waals surface area contributed by atoms with E-state index in [4.69, 9.17) is 11.6 Å². The fraction of sp³-hybridized carbons (Fsp3) is 0.467. The van der Waals surface area contributed by atoms with Crippen LogP contribution in [0, 0.1) is 0 Å². The Morgan fingerprint density at radius 2 is 2.14 bits per heavy atom. The molecule has 0 saturated heterocycles. The van der Waals surface area contributed by atoms with Gasteiger partial charge in [0.15, 0.2) is 0 Å². The van der Waals surface area contributed by atoms with E-state index in [0.29, 0.717) is 34.8 Å². The van der Waals surface area contributed by atoms with Gasteiger partial charge in [0, 0.05) is 11.6 Å². The number of hydrogen-bond donors (Lipinski definition) is 3. The van der Waals surface area contributed by atoms with Crippen molar-refractivity contribution < 1.29 is 5.11 Å². The molecule has 112 valence electrons. The standard InChI is InChI=1S/C15H18ClN3O2/c16-10-3-4-11-12(7-10)18-13(19-14(11)20)8-17-9-15(21)5-1-2-6-15/h3-4,7,17,21H,1-2,5-6,8-9H2,(H,18,19,20). The second kappa shape index (κ2) is 5.75. The Kier molecular flexibility index (Phi) is 3.97. The van der Waals surface area contributed by atoms with E-state index in [0.717, 1.165) is 25.7 Å². The second-order valence-corrected chi connectivity index (χ2v) is 6.15. The highest BCUT2D eigenvalue weighted by molar-refractivity contribution is 6.31. The predicted molar refractivity (Wildman–Crippen MR) is 82.5 cm³/mol. The first kappa shape index (κ1) is 14.5. The first-order chi connectivity index (χ1) is 10.1. The predicted octanol–water partition coefficient (Wildman–Crippen LogP) is 1.97. The number of aromatic nitrogens is 2. The molecule has 3 rings (SSSR count). The molecule has 0 bridgehead atoms. The van der Waals surface area contributed by atoms with Crippen LogP contribution in [0.4, 0.5) is 0 Å². The highest BCUT2D eigenvalue weighted by Crippen LogP contribution is 2.28. The normalized spacial score (nSPS) is 17.4. The summed E-state index contributed by atoms with van der Waals surface area (Å²) in [5.74, 6) is 0.552. The highest BCUT2D eigenvalue weighted by Gasteiger charge is 2.30. The zero-order valence-electron chi connectivity index (χ0n) is 11.7. The fourth-order valence-electron chi connectivity index (χ4n) is 2.87. The molecule has 1 aromatic heterocycles. The summed E-state index contributed by atoms with van der Waals surface area (Å²) in [6, 6.07) is 5.02. The van der Waals surface area contributed by atoms with E-state index < -0.39 is 5.60 Å². The van der Waals surface area contributed by atoms with Gasteiger partial charge in [-0.15, -0.1) is 0 Å². The highest BCUT2D eigenvalue weighted by atomic mass is 35.5. The second-order valence-electron chi connectivity index (χ2n) is 5.71. The molecule has 2 aromatic rings. The van der Waals surface area contributed by atoms with Crippen LogP contribution in [0.1, 0.15) is 31.5 Å². The molecule has 0 atom stereocenters. The minimum atomic E-state index is -0.611. The van der Waals surface area contributed by atoms with Gasteiger partial charge >= 0.3 is 0 Å². The first-order valence-electron chi connectivity index (χ1n) is 7.17. The number of hydrogen-bond acceptors (Lipinski definition) is 4. The van der Waals surface area contributed by atoms with Crippen molar-refractivity contribution in [2.24, 2.45) is 0 Å². The Morgan fingerprint density at radius 3 is 2.90 bits per heavy atom. The Balaban J connectivity index is 1.73. The van der Waals surface area contributed by atoms with Gasteiger partial charge in [0.1, 0.15) is 5.82 Å². The van der Waals surface area contributed by atoms with E-state index in [1.165, 1.54) is 0 Å². The van der Waals surface area contributed by atoms with Crippen molar-refractivity contribution in [2.75, 3.05) is 6.54 Å². The van der Waals surface area contributed by atoms with Gasteiger partial charge in [0.25, 0.3) is 5.56 Å². The molecular weight excluding hydrogens is 290 g/mol. The topological polar surface area (TPSA) is 78.0 Å². The molecule has 1 saturated carbocycles. The third kappa shape index (κ3) is 3.26. The van der Waals surface area contributed by atoms with Crippen molar-refractivity contribution >= 4 is 22.5 Å². The van der Waals surface area contributed by atoms with Crippen LogP contribution in [0.5, 0.6) is 0 Å². The van der Waals surface area contributed by atoms with Crippen molar-refractivity contribution in [3.8, 4) is 0 Å². The number of H-pyrrole nitrogens is 1. The smallest absolute Gasteiger partial charge is 0.258 e. The van der Waals surface area contributed by atoms with E-state index in [1.54, 1.807) is 18.2 Å². The third-order valence-corrected chi connectivity index (χ3v) is 4.23. The van der Waals surface area contributed by atoms with Gasteiger partial charge in [-0.05, 0) is 31.0 Å². The minimum Gasteiger partial charge on any atom is -0.389 e. The Hall–Kier alpha value is -1.43. The lowest BCUT2D eigenvalue weighted by Gasteiger charge is -2.22. The van der Waals surface area contributed by atoms with Crippen LogP contribution in [0.15, 0.2) is 23.0 Å². The Morgan fingerprint density at radius 1 is 1.38 bits per heavy atom. The van der Waals surface area contributed by atoms with Gasteiger partial charge in [-0.25, -0.2) is 4.98 Å². The summed E-state index contributed by atoms with van der Waals surface area (Å²) < 4.78 is 0. The van der Waals surface area contributed by atoms with Gasteiger partial charge < -0.3 is 15.4 Å². The summed E-state index contributed by atoms with van der Waals surface area (Å²) in [6.07, 6.45) is 3.80. The van der Waals surface area contributed by atoms with Crippen LogP contribution in [0.25, 0.3) is 10.9 Å². The summed E-state index contributed by atoms with van der Waals surface area (Å²) in [7, 11) is 0. The molecule has 0 radical (unpaired) electrons. The summed E-state index contributed by atoms with van der Waals surface area (Å²) in [5.41, 5.74) is -0.198. The molecule has 1 fully saturated rings. The summed E-state index contributed by atoms with van der Waals surface area (Å²) in [5, 5.41) is 14.5. The van der Waals surface area contributed by atoms with E-state index >= 15 is 0 Å². The lowest BCUT2D eigenvalue weighted by molar-refractivity contribution is 0.0473. The van der Waals surface area contributed by atoms with Crippen molar-refractivity contribution in [3.05, 3.63) is 39.4 Å². The van der Waals surface area contributed by atoms with Gasteiger partial charge in [-0.2, -0.15) is 0 Å². The number of halogens is 1. The summed E-state index contributed by atoms with van der Waals surface area (Å²) in [4.78, 5) is 19.1. The molecule has 1 heterocycles. The van der Waals surface area contributed by atoms with Crippen LogP contribution < -0.4 is 10.9 Å². The molecule has 1 aliphatic rings. The maximum Gasteiger partial charge on any atom is 0.258 e. The van der Waals surface area contributed by atoms with Crippen LogP contribution in [-0.4, -0.2) is 27.2 Å². The minimum absolute atomic E-state index is 0.173. The van der Waals surface area contributed by atoms with Crippen molar-refractivity contribution in [2.45, 2.75) is 37.8 Å². The molecule has 0 spiro atoms. The average Bonchev–Trinajstić information content (AvgIpc) is 2.85. The Labute approximate surface area is 127 Å². The molecule has 1 aliphatic carbocycles. The quantitative estimate of drug-likeness (QED) is 0.807. The number of nitrogens with zero attached hydrogens (tertiary/aromatic N) is 1. The van der Waals surface area contributed by atoms with Crippen molar-refractivity contribution in [3.63, 3.8) is 0 Å².